The summed E-state index contributed by atoms with van der Waals surface area (Å²) in [6, 6.07) is 13.5. The summed E-state index contributed by atoms with van der Waals surface area (Å²) < 4.78 is 0. The van der Waals surface area contributed by atoms with E-state index in [9.17, 15) is 10.5 Å². The highest BCUT2D eigenvalue weighted by molar-refractivity contribution is 6.14. The fraction of sp³-hybridized carbons (Fsp3) is 0.118. The van der Waals surface area contributed by atoms with Crippen molar-refractivity contribution in [3.05, 3.63) is 41.5 Å². The third-order valence-corrected chi connectivity index (χ3v) is 3.66. The summed E-state index contributed by atoms with van der Waals surface area (Å²) in [6.45, 7) is 0. The zero-order valence-corrected chi connectivity index (χ0v) is 12.3. The molecule has 0 bridgehead atoms. The van der Waals surface area contributed by atoms with E-state index in [-0.39, 0.29) is 5.69 Å². The molecule has 3 aromatic rings. The van der Waals surface area contributed by atoms with Crippen LogP contribution in [0.4, 0.5) is 11.5 Å². The highest BCUT2D eigenvalue weighted by atomic mass is 15.1. The third kappa shape index (κ3) is 1.81. The van der Waals surface area contributed by atoms with Gasteiger partial charge in [-0.05, 0) is 12.1 Å². The number of rotatable bonds is 1. The molecule has 106 valence electrons. The van der Waals surface area contributed by atoms with Gasteiger partial charge in [0.2, 0.25) is 0 Å². The van der Waals surface area contributed by atoms with Crippen molar-refractivity contribution in [1.82, 2.24) is 4.98 Å². The van der Waals surface area contributed by atoms with Crippen LogP contribution in [0.3, 0.4) is 0 Å². The van der Waals surface area contributed by atoms with E-state index in [4.69, 9.17) is 5.73 Å². The zero-order chi connectivity index (χ0) is 15.9. The lowest BCUT2D eigenvalue weighted by Gasteiger charge is -2.18. The number of fused-ring (bicyclic) bond motifs is 3. The van der Waals surface area contributed by atoms with E-state index in [1.165, 1.54) is 0 Å². The van der Waals surface area contributed by atoms with Gasteiger partial charge in [0.05, 0.1) is 22.3 Å². The lowest BCUT2D eigenvalue weighted by molar-refractivity contribution is 1.09. The standard InChI is InChI=1S/C17H13N5/c1-22(2)17-12-7-10(8-18)16(20)13(9-19)15(12)11-5-3-4-6-14(11)21-17/h3-7H,20H2,1-2H3. The Morgan fingerprint density at radius 3 is 2.45 bits per heavy atom. The number of nitriles is 2. The van der Waals surface area contributed by atoms with Crippen molar-refractivity contribution in [1.29, 1.82) is 10.5 Å². The topological polar surface area (TPSA) is 89.7 Å². The van der Waals surface area contributed by atoms with Gasteiger partial charge in [-0.15, -0.1) is 0 Å². The molecule has 1 heterocycles. The van der Waals surface area contributed by atoms with E-state index in [1.807, 2.05) is 43.3 Å². The van der Waals surface area contributed by atoms with Crippen molar-refractivity contribution >= 4 is 33.2 Å². The Labute approximate surface area is 127 Å². The van der Waals surface area contributed by atoms with Crippen LogP contribution in [0.2, 0.25) is 0 Å². The van der Waals surface area contributed by atoms with E-state index in [0.29, 0.717) is 16.9 Å². The van der Waals surface area contributed by atoms with Crippen LogP contribution in [0.5, 0.6) is 0 Å². The monoisotopic (exact) mass is 287 g/mol. The number of pyridine rings is 1. The zero-order valence-electron chi connectivity index (χ0n) is 12.3. The summed E-state index contributed by atoms with van der Waals surface area (Å²) in [7, 11) is 3.76. The van der Waals surface area contributed by atoms with E-state index >= 15 is 0 Å². The maximum Gasteiger partial charge on any atom is 0.136 e. The molecular formula is C17H13N5. The molecule has 0 unspecified atom stereocenters. The lowest BCUT2D eigenvalue weighted by Crippen LogP contribution is -2.12. The molecule has 0 saturated heterocycles. The Kier molecular flexibility index (Phi) is 3.05. The van der Waals surface area contributed by atoms with E-state index < -0.39 is 0 Å². The molecule has 0 aliphatic heterocycles. The Morgan fingerprint density at radius 2 is 1.82 bits per heavy atom. The Balaban J connectivity index is 2.69. The van der Waals surface area contributed by atoms with Crippen molar-refractivity contribution in [2.45, 2.75) is 0 Å². The van der Waals surface area contributed by atoms with Gasteiger partial charge in [0.15, 0.2) is 0 Å². The summed E-state index contributed by atoms with van der Waals surface area (Å²) in [5, 5.41) is 21.2. The minimum atomic E-state index is 0.221. The number of para-hydroxylation sites is 1. The first-order valence-corrected chi connectivity index (χ1v) is 6.71. The van der Waals surface area contributed by atoms with Gasteiger partial charge in [-0.1, -0.05) is 18.2 Å². The number of aromatic nitrogens is 1. The molecule has 5 nitrogen and oxygen atoms in total. The average Bonchev–Trinajstić information content (AvgIpc) is 2.53. The van der Waals surface area contributed by atoms with Crippen LogP contribution in [0.1, 0.15) is 11.1 Å². The van der Waals surface area contributed by atoms with E-state index in [0.717, 1.165) is 21.7 Å². The van der Waals surface area contributed by atoms with Gasteiger partial charge in [-0.2, -0.15) is 10.5 Å². The Bertz CT molecular complexity index is 990. The van der Waals surface area contributed by atoms with Gasteiger partial charge in [0.25, 0.3) is 0 Å². The molecule has 0 atom stereocenters. The quantitative estimate of drug-likeness (QED) is 0.549. The number of nitrogens with zero attached hydrogens (tertiary/aromatic N) is 4. The first kappa shape index (κ1) is 13.7. The minimum Gasteiger partial charge on any atom is -0.397 e. The van der Waals surface area contributed by atoms with Crippen molar-refractivity contribution < 1.29 is 0 Å². The molecule has 0 fully saturated rings. The van der Waals surface area contributed by atoms with Gasteiger partial charge in [0.1, 0.15) is 18.0 Å². The predicted octanol–water partition coefficient (Wildman–Crippen LogP) is 2.78. The SMILES string of the molecule is CN(C)c1nc2ccccc2c2c(C#N)c(N)c(C#N)cc12. The van der Waals surface area contributed by atoms with Crippen LogP contribution in [0.25, 0.3) is 21.7 Å². The number of hydrogen-bond donors (Lipinski definition) is 1. The normalized spacial score (nSPS) is 10.4. The highest BCUT2D eigenvalue weighted by Crippen LogP contribution is 2.36. The summed E-state index contributed by atoms with van der Waals surface area (Å²) in [5.74, 6) is 0.710. The lowest BCUT2D eigenvalue weighted by atomic mass is 9.96. The average molecular weight is 287 g/mol. The molecule has 0 amide bonds. The molecule has 2 aromatic carbocycles. The summed E-state index contributed by atoms with van der Waals surface area (Å²) in [6.07, 6.45) is 0. The smallest absolute Gasteiger partial charge is 0.136 e. The van der Waals surface area contributed by atoms with Crippen LogP contribution in [-0.4, -0.2) is 19.1 Å². The Hall–Kier alpha value is -3.31. The maximum atomic E-state index is 9.55. The molecule has 22 heavy (non-hydrogen) atoms. The molecule has 0 aliphatic rings. The number of nitrogen functional groups attached to an aromatic ring is 1. The molecule has 0 aliphatic carbocycles. The highest BCUT2D eigenvalue weighted by Gasteiger charge is 2.18. The molecule has 0 radical (unpaired) electrons. The molecule has 2 N–H and O–H groups in total. The first-order valence-electron chi connectivity index (χ1n) is 6.71. The van der Waals surface area contributed by atoms with Gasteiger partial charge in [0, 0.05) is 30.3 Å². The molecule has 3 rings (SSSR count). The fourth-order valence-corrected chi connectivity index (χ4v) is 2.66. The second-order valence-electron chi connectivity index (χ2n) is 5.21. The van der Waals surface area contributed by atoms with Crippen LogP contribution >= 0.6 is 0 Å². The van der Waals surface area contributed by atoms with Crippen molar-refractivity contribution in [2.75, 3.05) is 24.7 Å². The van der Waals surface area contributed by atoms with E-state index in [2.05, 4.69) is 17.1 Å². The number of benzene rings is 2. The van der Waals surface area contributed by atoms with Crippen molar-refractivity contribution in [3.63, 3.8) is 0 Å². The summed E-state index contributed by atoms with van der Waals surface area (Å²) >= 11 is 0. The largest absolute Gasteiger partial charge is 0.397 e. The van der Waals surface area contributed by atoms with Gasteiger partial charge >= 0.3 is 0 Å². The number of nitrogens with two attached hydrogens (primary N) is 1. The molecule has 5 heteroatoms. The van der Waals surface area contributed by atoms with Crippen molar-refractivity contribution in [3.8, 4) is 12.1 Å². The minimum absolute atomic E-state index is 0.221. The number of hydrogen-bond acceptors (Lipinski definition) is 5. The fourth-order valence-electron chi connectivity index (χ4n) is 2.66. The van der Waals surface area contributed by atoms with Gasteiger partial charge in [-0.25, -0.2) is 4.98 Å². The molecule has 0 spiro atoms. The predicted molar refractivity (Wildman–Crippen MR) is 87.4 cm³/mol. The maximum absolute atomic E-state index is 9.55. The van der Waals surface area contributed by atoms with Gasteiger partial charge in [-0.3, -0.25) is 0 Å². The van der Waals surface area contributed by atoms with Crippen LogP contribution in [0, 0.1) is 22.7 Å². The first-order chi connectivity index (χ1) is 10.6. The van der Waals surface area contributed by atoms with Crippen LogP contribution < -0.4 is 10.6 Å². The summed E-state index contributed by atoms with van der Waals surface area (Å²) in [5.41, 5.74) is 7.65. The van der Waals surface area contributed by atoms with Crippen LogP contribution in [-0.2, 0) is 0 Å². The molecule has 1 aromatic heterocycles. The van der Waals surface area contributed by atoms with Crippen molar-refractivity contribution in [2.24, 2.45) is 0 Å². The summed E-state index contributed by atoms with van der Waals surface area (Å²) in [4.78, 5) is 6.52. The molecule has 0 saturated carbocycles. The molecular weight excluding hydrogens is 274 g/mol. The van der Waals surface area contributed by atoms with Gasteiger partial charge < -0.3 is 10.6 Å². The van der Waals surface area contributed by atoms with Crippen LogP contribution in [0.15, 0.2) is 30.3 Å². The second kappa shape index (κ2) is 4.91. The van der Waals surface area contributed by atoms with E-state index in [1.54, 1.807) is 6.07 Å². The third-order valence-electron chi connectivity index (χ3n) is 3.66. The second-order valence-corrected chi connectivity index (χ2v) is 5.21. The Morgan fingerprint density at radius 1 is 1.09 bits per heavy atom. The number of anilines is 2.